The number of pyridine rings is 1. The van der Waals surface area contributed by atoms with Crippen LogP contribution in [-0.4, -0.2) is 32.8 Å². The second-order valence-corrected chi connectivity index (χ2v) is 7.73. The molecule has 1 N–H and O–H groups in total. The predicted octanol–water partition coefficient (Wildman–Crippen LogP) is 3.55. The molecule has 158 valence electrons. The molecule has 0 atom stereocenters. The number of hydrogen-bond acceptors (Lipinski definition) is 7. The van der Waals surface area contributed by atoms with Gasteiger partial charge in [0.2, 0.25) is 0 Å². The van der Waals surface area contributed by atoms with E-state index in [9.17, 15) is 4.79 Å². The maximum atomic E-state index is 12.6. The van der Waals surface area contributed by atoms with Crippen molar-refractivity contribution in [3.05, 3.63) is 82.2 Å². The summed E-state index contributed by atoms with van der Waals surface area (Å²) in [6.07, 6.45) is 5.23. The Bertz CT molecular complexity index is 1160. The molecule has 3 aromatic heterocycles. The molecule has 0 unspecified atom stereocenters. The summed E-state index contributed by atoms with van der Waals surface area (Å²) in [5.41, 5.74) is 2.23. The first kappa shape index (κ1) is 20.5. The van der Waals surface area contributed by atoms with E-state index in [0.29, 0.717) is 36.0 Å². The molecule has 0 aliphatic carbocycles. The van der Waals surface area contributed by atoms with E-state index in [4.69, 9.17) is 9.47 Å². The lowest BCUT2D eigenvalue weighted by Gasteiger charge is -2.12. The summed E-state index contributed by atoms with van der Waals surface area (Å²) < 4.78 is 12.9. The second kappa shape index (κ2) is 9.40. The van der Waals surface area contributed by atoms with Crippen molar-refractivity contribution in [2.24, 2.45) is 0 Å². The van der Waals surface area contributed by atoms with Crippen molar-refractivity contribution in [1.29, 1.82) is 0 Å². The highest BCUT2D eigenvalue weighted by Crippen LogP contribution is 2.29. The smallest absolute Gasteiger partial charge is 0.251 e. The summed E-state index contributed by atoms with van der Waals surface area (Å²) in [7, 11) is 1.55. The fraction of sp³-hybridized carbons (Fsp3) is 0.182. The summed E-state index contributed by atoms with van der Waals surface area (Å²) in [6.45, 7) is 2.65. The van der Waals surface area contributed by atoms with Gasteiger partial charge in [0.25, 0.3) is 5.91 Å². The van der Waals surface area contributed by atoms with E-state index < -0.39 is 0 Å². The Morgan fingerprint density at radius 1 is 1.23 bits per heavy atom. The van der Waals surface area contributed by atoms with Gasteiger partial charge in [-0.2, -0.15) is 5.10 Å². The molecule has 4 aromatic rings. The number of carbonyl (C=O) groups excluding carboxylic acids is 1. The Hall–Kier alpha value is -3.72. The van der Waals surface area contributed by atoms with Crippen LogP contribution in [0.3, 0.4) is 0 Å². The van der Waals surface area contributed by atoms with E-state index in [2.05, 4.69) is 20.4 Å². The highest BCUT2D eigenvalue weighted by molar-refractivity contribution is 7.09. The number of ether oxygens (including phenoxy) is 2. The van der Waals surface area contributed by atoms with Crippen LogP contribution in [0.25, 0.3) is 5.82 Å². The Morgan fingerprint density at radius 3 is 2.81 bits per heavy atom. The van der Waals surface area contributed by atoms with Gasteiger partial charge in [-0.05, 0) is 42.8 Å². The zero-order chi connectivity index (χ0) is 21.6. The van der Waals surface area contributed by atoms with Crippen molar-refractivity contribution >= 4 is 17.2 Å². The van der Waals surface area contributed by atoms with Gasteiger partial charge in [-0.3, -0.25) is 4.79 Å². The lowest BCUT2D eigenvalue weighted by atomic mass is 10.2. The van der Waals surface area contributed by atoms with E-state index in [1.165, 1.54) is 0 Å². The average molecular weight is 436 g/mol. The molecule has 4 rings (SSSR count). The number of amides is 1. The number of aryl methyl sites for hydroxylation is 1. The molecule has 0 saturated carbocycles. The van der Waals surface area contributed by atoms with Crippen LogP contribution < -0.4 is 14.8 Å². The molecular weight excluding hydrogens is 414 g/mol. The van der Waals surface area contributed by atoms with Crippen molar-refractivity contribution in [1.82, 2.24) is 25.1 Å². The number of thiazole rings is 1. The van der Waals surface area contributed by atoms with Gasteiger partial charge < -0.3 is 14.8 Å². The number of methoxy groups -OCH3 is 1. The van der Waals surface area contributed by atoms with Crippen LogP contribution in [-0.2, 0) is 13.2 Å². The lowest BCUT2D eigenvalue weighted by Crippen LogP contribution is -2.23. The third kappa shape index (κ3) is 5.07. The largest absolute Gasteiger partial charge is 0.493 e. The molecular formula is C22H21N5O3S. The number of aromatic nitrogens is 4. The fourth-order valence-corrected chi connectivity index (χ4v) is 3.50. The van der Waals surface area contributed by atoms with Crippen LogP contribution in [0, 0.1) is 6.92 Å². The molecule has 9 heteroatoms. The molecule has 0 bridgehead atoms. The number of carbonyl (C=O) groups is 1. The minimum Gasteiger partial charge on any atom is -0.493 e. The fourth-order valence-electron chi connectivity index (χ4n) is 2.90. The molecule has 31 heavy (non-hydrogen) atoms. The topological polar surface area (TPSA) is 91.2 Å². The van der Waals surface area contributed by atoms with Crippen molar-refractivity contribution in [3.63, 3.8) is 0 Å². The normalized spacial score (nSPS) is 10.6. The average Bonchev–Trinajstić information content (AvgIpc) is 3.48. The van der Waals surface area contributed by atoms with Gasteiger partial charge in [0.05, 0.1) is 17.8 Å². The minimum atomic E-state index is -0.212. The van der Waals surface area contributed by atoms with E-state index >= 15 is 0 Å². The molecule has 1 amide bonds. The molecule has 0 fully saturated rings. The first-order valence-electron chi connectivity index (χ1n) is 9.57. The zero-order valence-corrected chi connectivity index (χ0v) is 17.9. The van der Waals surface area contributed by atoms with Crippen molar-refractivity contribution in [2.45, 2.75) is 20.1 Å². The summed E-state index contributed by atoms with van der Waals surface area (Å²) in [6, 6.07) is 10.7. The van der Waals surface area contributed by atoms with Crippen LogP contribution in [0.4, 0.5) is 0 Å². The molecule has 0 spiro atoms. The first-order chi connectivity index (χ1) is 15.1. The van der Waals surface area contributed by atoms with Crippen LogP contribution in [0.2, 0.25) is 0 Å². The van der Waals surface area contributed by atoms with Gasteiger partial charge in [-0.25, -0.2) is 14.6 Å². The van der Waals surface area contributed by atoms with Crippen LogP contribution >= 0.6 is 11.3 Å². The second-order valence-electron chi connectivity index (χ2n) is 6.67. The summed E-state index contributed by atoms with van der Waals surface area (Å²) in [4.78, 5) is 21.3. The van der Waals surface area contributed by atoms with Crippen LogP contribution in [0.1, 0.15) is 26.6 Å². The number of nitrogens with zero attached hydrogens (tertiary/aromatic N) is 4. The summed E-state index contributed by atoms with van der Waals surface area (Å²) in [5.74, 6) is 1.55. The molecule has 0 radical (unpaired) electrons. The molecule has 0 aliphatic heterocycles. The van der Waals surface area contributed by atoms with Gasteiger partial charge in [0.15, 0.2) is 17.3 Å². The van der Waals surface area contributed by atoms with Crippen molar-refractivity contribution < 1.29 is 14.3 Å². The minimum absolute atomic E-state index is 0.212. The Labute approximate surface area is 183 Å². The van der Waals surface area contributed by atoms with E-state index in [0.717, 1.165) is 16.3 Å². The third-order valence-electron chi connectivity index (χ3n) is 4.47. The highest BCUT2D eigenvalue weighted by Gasteiger charge is 2.12. The monoisotopic (exact) mass is 435 g/mol. The van der Waals surface area contributed by atoms with E-state index in [1.54, 1.807) is 53.7 Å². The lowest BCUT2D eigenvalue weighted by molar-refractivity contribution is 0.0950. The van der Waals surface area contributed by atoms with Gasteiger partial charge in [-0.1, -0.05) is 6.07 Å². The molecule has 0 aliphatic rings. The van der Waals surface area contributed by atoms with Crippen molar-refractivity contribution in [3.8, 4) is 17.3 Å². The highest BCUT2D eigenvalue weighted by atomic mass is 32.1. The summed E-state index contributed by atoms with van der Waals surface area (Å²) in [5, 5.41) is 9.99. The first-order valence-corrected chi connectivity index (χ1v) is 10.5. The molecule has 1 aromatic carbocycles. The number of rotatable bonds is 8. The standard InChI is InChI=1S/C22H21N5O3S/c1-15-26-18(14-31-15)13-30-19-6-5-17(10-20(19)29-2)22(28)24-12-16-4-7-21(23-11-16)27-9-3-8-25-27/h3-11,14H,12-13H2,1-2H3,(H,24,28). The number of nitrogens with one attached hydrogen (secondary N) is 1. The third-order valence-corrected chi connectivity index (χ3v) is 5.29. The summed E-state index contributed by atoms with van der Waals surface area (Å²) >= 11 is 1.58. The van der Waals surface area contributed by atoms with Gasteiger partial charge in [-0.15, -0.1) is 11.3 Å². The van der Waals surface area contributed by atoms with Crippen LogP contribution in [0.5, 0.6) is 11.5 Å². The Morgan fingerprint density at radius 2 is 2.13 bits per heavy atom. The van der Waals surface area contributed by atoms with Crippen molar-refractivity contribution in [2.75, 3.05) is 7.11 Å². The van der Waals surface area contributed by atoms with Gasteiger partial charge in [0.1, 0.15) is 6.61 Å². The molecule has 8 nitrogen and oxygen atoms in total. The maximum absolute atomic E-state index is 12.6. The Balaban J connectivity index is 1.36. The van der Waals surface area contributed by atoms with Gasteiger partial charge >= 0.3 is 0 Å². The maximum Gasteiger partial charge on any atom is 0.251 e. The SMILES string of the molecule is COc1cc(C(=O)NCc2ccc(-n3cccn3)nc2)ccc1OCc1csc(C)n1. The van der Waals surface area contributed by atoms with Crippen LogP contribution in [0.15, 0.2) is 60.4 Å². The predicted molar refractivity (Wildman–Crippen MR) is 117 cm³/mol. The number of hydrogen-bond donors (Lipinski definition) is 1. The quantitative estimate of drug-likeness (QED) is 0.455. The number of benzene rings is 1. The van der Waals surface area contributed by atoms with E-state index in [1.807, 2.05) is 36.7 Å². The Kier molecular flexibility index (Phi) is 6.23. The zero-order valence-electron chi connectivity index (χ0n) is 17.1. The molecule has 0 saturated heterocycles. The van der Waals surface area contributed by atoms with Gasteiger partial charge in [0, 0.05) is 36.1 Å². The van der Waals surface area contributed by atoms with E-state index in [-0.39, 0.29) is 5.91 Å². The molecule has 3 heterocycles.